The Morgan fingerprint density at radius 2 is 1.94 bits per heavy atom. The molecule has 0 heterocycles. The highest BCUT2D eigenvalue weighted by Crippen LogP contribution is 2.28. The third-order valence-electron chi connectivity index (χ3n) is 2.98. The van der Waals surface area contributed by atoms with Crippen LogP contribution in [0.1, 0.15) is 33.1 Å². The summed E-state index contributed by atoms with van der Waals surface area (Å²) < 4.78 is 46.7. The average molecular weight is 269 g/mol. The van der Waals surface area contributed by atoms with Gasteiger partial charge in [-0.3, -0.25) is 0 Å². The van der Waals surface area contributed by atoms with E-state index in [-0.39, 0.29) is 24.9 Å². The van der Waals surface area contributed by atoms with E-state index in [0.29, 0.717) is 6.61 Å². The standard InChI is InChI=1S/C12H22F3NO2/c1-3-6-16-9-8-10(11(9)17-4-2)18-7-5-12(13,14)15/h9-11,16H,3-8H2,1-2H3. The van der Waals surface area contributed by atoms with Crippen molar-refractivity contribution in [1.29, 1.82) is 0 Å². The molecule has 1 N–H and O–H groups in total. The average Bonchev–Trinajstić information content (AvgIpc) is 2.27. The zero-order valence-electron chi connectivity index (χ0n) is 10.9. The van der Waals surface area contributed by atoms with Crippen LogP contribution in [0.15, 0.2) is 0 Å². The number of hydrogen-bond acceptors (Lipinski definition) is 3. The Hall–Kier alpha value is -0.330. The molecule has 108 valence electrons. The lowest BCUT2D eigenvalue weighted by molar-refractivity contribution is -0.177. The number of hydrogen-bond donors (Lipinski definition) is 1. The van der Waals surface area contributed by atoms with Gasteiger partial charge in [-0.2, -0.15) is 13.2 Å². The second-order valence-corrected chi connectivity index (χ2v) is 4.49. The number of halogens is 3. The predicted molar refractivity (Wildman–Crippen MR) is 62.5 cm³/mol. The molecule has 3 nitrogen and oxygen atoms in total. The Balaban J connectivity index is 2.25. The summed E-state index contributed by atoms with van der Waals surface area (Å²) in [6, 6.07) is 0.209. The van der Waals surface area contributed by atoms with Crippen LogP contribution in [-0.4, -0.2) is 44.2 Å². The maximum atomic E-state index is 12.0. The minimum atomic E-state index is -4.15. The van der Waals surface area contributed by atoms with E-state index in [1.54, 1.807) is 0 Å². The fourth-order valence-corrected chi connectivity index (χ4v) is 2.02. The van der Waals surface area contributed by atoms with Gasteiger partial charge in [0.1, 0.15) is 0 Å². The maximum absolute atomic E-state index is 12.0. The van der Waals surface area contributed by atoms with Crippen LogP contribution in [0.5, 0.6) is 0 Å². The van der Waals surface area contributed by atoms with Gasteiger partial charge in [-0.1, -0.05) is 6.92 Å². The lowest BCUT2D eigenvalue weighted by atomic mass is 9.85. The van der Waals surface area contributed by atoms with Crippen molar-refractivity contribution in [2.75, 3.05) is 19.8 Å². The summed E-state index contributed by atoms with van der Waals surface area (Å²) in [5.74, 6) is 0. The number of rotatable bonds is 8. The van der Waals surface area contributed by atoms with Crippen molar-refractivity contribution in [3.63, 3.8) is 0 Å². The third-order valence-corrected chi connectivity index (χ3v) is 2.98. The molecule has 1 saturated carbocycles. The van der Waals surface area contributed by atoms with Gasteiger partial charge in [-0.25, -0.2) is 0 Å². The molecule has 6 heteroatoms. The van der Waals surface area contributed by atoms with Crippen molar-refractivity contribution < 1.29 is 22.6 Å². The molecule has 0 amide bonds. The molecule has 3 unspecified atom stereocenters. The van der Waals surface area contributed by atoms with Gasteiger partial charge in [0.2, 0.25) is 0 Å². The molecule has 0 aliphatic heterocycles. The summed E-state index contributed by atoms with van der Waals surface area (Å²) in [6.45, 7) is 5.11. The molecular weight excluding hydrogens is 247 g/mol. The van der Waals surface area contributed by atoms with E-state index in [1.807, 2.05) is 6.92 Å². The zero-order valence-corrected chi connectivity index (χ0v) is 10.9. The number of nitrogens with one attached hydrogen (secondary N) is 1. The largest absolute Gasteiger partial charge is 0.391 e. The molecule has 1 aliphatic carbocycles. The summed E-state index contributed by atoms with van der Waals surface area (Å²) in [4.78, 5) is 0. The van der Waals surface area contributed by atoms with Crippen LogP contribution in [0.2, 0.25) is 0 Å². The summed E-state index contributed by atoms with van der Waals surface area (Å²) in [5.41, 5.74) is 0. The van der Waals surface area contributed by atoms with Crippen LogP contribution < -0.4 is 5.32 Å². The van der Waals surface area contributed by atoms with Crippen LogP contribution in [0.4, 0.5) is 13.2 Å². The molecule has 0 spiro atoms. The SMILES string of the molecule is CCCNC1CC(OCCC(F)(F)F)C1OCC. The van der Waals surface area contributed by atoms with Gasteiger partial charge in [0.15, 0.2) is 0 Å². The molecular formula is C12H22F3NO2. The van der Waals surface area contributed by atoms with Crippen molar-refractivity contribution in [2.24, 2.45) is 0 Å². The Labute approximate surface area is 106 Å². The molecule has 0 aromatic heterocycles. The normalized spacial score (nSPS) is 28.2. The van der Waals surface area contributed by atoms with Gasteiger partial charge in [0, 0.05) is 12.6 Å². The van der Waals surface area contributed by atoms with Crippen molar-refractivity contribution >= 4 is 0 Å². The number of ether oxygens (including phenoxy) is 2. The highest BCUT2D eigenvalue weighted by atomic mass is 19.4. The number of alkyl halides is 3. The van der Waals surface area contributed by atoms with E-state index in [9.17, 15) is 13.2 Å². The van der Waals surface area contributed by atoms with Gasteiger partial charge in [-0.05, 0) is 26.3 Å². The van der Waals surface area contributed by atoms with Gasteiger partial charge >= 0.3 is 6.18 Å². The maximum Gasteiger partial charge on any atom is 0.391 e. The molecule has 0 radical (unpaired) electrons. The Morgan fingerprint density at radius 3 is 2.50 bits per heavy atom. The summed E-state index contributed by atoms with van der Waals surface area (Å²) in [7, 11) is 0. The van der Waals surface area contributed by atoms with Gasteiger partial charge in [-0.15, -0.1) is 0 Å². The molecule has 3 atom stereocenters. The van der Waals surface area contributed by atoms with Crippen molar-refractivity contribution in [3.8, 4) is 0 Å². The molecule has 18 heavy (non-hydrogen) atoms. The van der Waals surface area contributed by atoms with Crippen LogP contribution in [0.25, 0.3) is 0 Å². The lowest BCUT2D eigenvalue weighted by Crippen LogP contribution is -2.60. The van der Waals surface area contributed by atoms with E-state index >= 15 is 0 Å². The lowest BCUT2D eigenvalue weighted by Gasteiger charge is -2.44. The summed E-state index contributed by atoms with van der Waals surface area (Å²) >= 11 is 0. The first-order chi connectivity index (χ1) is 8.48. The second-order valence-electron chi connectivity index (χ2n) is 4.49. The molecule has 0 aromatic carbocycles. The first-order valence-electron chi connectivity index (χ1n) is 6.51. The molecule has 0 saturated heterocycles. The fourth-order valence-electron chi connectivity index (χ4n) is 2.02. The molecule has 0 aromatic rings. The van der Waals surface area contributed by atoms with Crippen LogP contribution in [0.3, 0.4) is 0 Å². The monoisotopic (exact) mass is 269 g/mol. The molecule has 1 fully saturated rings. The van der Waals surface area contributed by atoms with Crippen LogP contribution in [0, 0.1) is 0 Å². The third kappa shape index (κ3) is 5.12. The molecule has 1 rings (SSSR count). The Bertz CT molecular complexity index is 236. The smallest absolute Gasteiger partial charge is 0.375 e. The van der Waals surface area contributed by atoms with Crippen molar-refractivity contribution in [3.05, 3.63) is 0 Å². The van der Waals surface area contributed by atoms with Crippen molar-refractivity contribution in [2.45, 2.75) is 57.5 Å². The van der Waals surface area contributed by atoms with Crippen molar-refractivity contribution in [1.82, 2.24) is 5.32 Å². The quantitative estimate of drug-likeness (QED) is 0.734. The predicted octanol–water partition coefficient (Wildman–Crippen LogP) is 2.50. The van der Waals surface area contributed by atoms with E-state index in [0.717, 1.165) is 19.4 Å². The minimum Gasteiger partial charge on any atom is -0.375 e. The molecule has 0 bridgehead atoms. The highest BCUT2D eigenvalue weighted by Gasteiger charge is 2.42. The first kappa shape index (κ1) is 15.7. The minimum absolute atomic E-state index is 0.116. The topological polar surface area (TPSA) is 30.5 Å². The Kier molecular flexibility index (Phi) is 6.38. The van der Waals surface area contributed by atoms with E-state index in [4.69, 9.17) is 9.47 Å². The van der Waals surface area contributed by atoms with E-state index < -0.39 is 12.6 Å². The first-order valence-corrected chi connectivity index (χ1v) is 6.51. The Morgan fingerprint density at radius 1 is 1.22 bits per heavy atom. The van der Waals surface area contributed by atoms with Gasteiger partial charge in [0.05, 0.1) is 25.2 Å². The van der Waals surface area contributed by atoms with Crippen LogP contribution >= 0.6 is 0 Å². The summed E-state index contributed by atoms with van der Waals surface area (Å²) in [6.07, 6.45) is -3.62. The van der Waals surface area contributed by atoms with Gasteiger partial charge < -0.3 is 14.8 Å². The second kappa shape index (κ2) is 7.31. The summed E-state index contributed by atoms with van der Waals surface area (Å²) in [5, 5.41) is 3.31. The highest BCUT2D eigenvalue weighted by molar-refractivity contribution is 4.97. The van der Waals surface area contributed by atoms with Gasteiger partial charge in [0.25, 0.3) is 0 Å². The van der Waals surface area contributed by atoms with E-state index in [1.165, 1.54) is 0 Å². The fraction of sp³-hybridized carbons (Fsp3) is 1.00. The van der Waals surface area contributed by atoms with Crippen LogP contribution in [-0.2, 0) is 9.47 Å². The zero-order chi connectivity index (χ0) is 13.6. The van der Waals surface area contributed by atoms with E-state index in [2.05, 4.69) is 12.2 Å². The molecule has 1 aliphatic rings.